The van der Waals surface area contributed by atoms with E-state index in [1.807, 2.05) is 19.1 Å². The number of esters is 1. The topological polar surface area (TPSA) is 131 Å². The minimum absolute atomic E-state index is 0.000165. The first-order valence-corrected chi connectivity index (χ1v) is 14.8. The third-order valence-corrected chi connectivity index (χ3v) is 8.43. The van der Waals surface area contributed by atoms with E-state index in [0.717, 1.165) is 5.56 Å². The van der Waals surface area contributed by atoms with Crippen LogP contribution in [0.3, 0.4) is 0 Å². The van der Waals surface area contributed by atoms with Crippen molar-refractivity contribution >= 4 is 44.5 Å². The number of nitrogens with one attached hydrogen (secondary N) is 2. The first-order chi connectivity index (χ1) is 19.3. The van der Waals surface area contributed by atoms with Crippen molar-refractivity contribution in [1.82, 2.24) is 9.62 Å². The van der Waals surface area contributed by atoms with Crippen molar-refractivity contribution in [2.75, 3.05) is 25.5 Å². The van der Waals surface area contributed by atoms with Crippen LogP contribution in [-0.4, -0.2) is 63.1 Å². The molecule has 0 unspecified atom stereocenters. The highest BCUT2D eigenvalue weighted by molar-refractivity contribution is 7.89. The highest BCUT2D eigenvalue weighted by atomic mass is 32.2. The Labute approximate surface area is 240 Å². The molecule has 1 aliphatic rings. The second-order valence-electron chi connectivity index (χ2n) is 11.0. The fraction of sp³-hybridized carbons (Fsp3) is 0.367. The number of rotatable bonds is 6. The minimum Gasteiger partial charge on any atom is -0.469 e. The summed E-state index contributed by atoms with van der Waals surface area (Å²) in [5.41, 5.74) is 1.08. The van der Waals surface area contributed by atoms with Crippen molar-refractivity contribution in [2.24, 2.45) is 5.92 Å². The Morgan fingerprint density at radius 3 is 2.27 bits per heavy atom. The quantitative estimate of drug-likeness (QED) is 0.411. The number of carbonyl (C=O) groups excluding carboxylic acids is 3. The number of anilines is 1. The van der Waals surface area contributed by atoms with Gasteiger partial charge in [0.05, 0.1) is 17.9 Å². The van der Waals surface area contributed by atoms with E-state index in [4.69, 9.17) is 9.47 Å². The third kappa shape index (κ3) is 6.86. The molecule has 10 nitrogen and oxygen atoms in total. The van der Waals surface area contributed by atoms with Crippen molar-refractivity contribution in [1.29, 1.82) is 0 Å². The van der Waals surface area contributed by atoms with E-state index in [1.54, 1.807) is 63.2 Å². The average Bonchev–Trinajstić information content (AvgIpc) is 2.92. The number of methoxy groups -OCH3 is 1. The number of amides is 2. The van der Waals surface area contributed by atoms with Gasteiger partial charge in [0, 0.05) is 41.2 Å². The molecule has 2 amide bonds. The van der Waals surface area contributed by atoms with Crippen LogP contribution in [0.15, 0.2) is 65.6 Å². The molecule has 41 heavy (non-hydrogen) atoms. The first-order valence-electron chi connectivity index (χ1n) is 13.3. The summed E-state index contributed by atoms with van der Waals surface area (Å²) in [6.07, 6.45) is -0.400. The van der Waals surface area contributed by atoms with Gasteiger partial charge in [0.2, 0.25) is 10.0 Å². The average molecular weight is 582 g/mol. The summed E-state index contributed by atoms with van der Waals surface area (Å²) in [5.74, 6) is -1.88. The molecule has 4 rings (SSSR count). The van der Waals surface area contributed by atoms with Crippen molar-refractivity contribution in [3.8, 4) is 0 Å². The molecule has 1 saturated heterocycles. The third-order valence-electron chi connectivity index (χ3n) is 6.89. The lowest BCUT2D eigenvalue weighted by Crippen LogP contribution is -2.55. The summed E-state index contributed by atoms with van der Waals surface area (Å²) < 4.78 is 40.5. The molecule has 1 fully saturated rings. The second-order valence-corrected chi connectivity index (χ2v) is 12.7. The zero-order chi connectivity index (χ0) is 29.9. The van der Waals surface area contributed by atoms with E-state index in [1.165, 1.54) is 18.1 Å². The van der Waals surface area contributed by atoms with Gasteiger partial charge < -0.3 is 19.7 Å². The molecule has 218 valence electrons. The molecular formula is C30H35N3O7S. The number of ether oxygens (including phenoxy) is 2. The van der Waals surface area contributed by atoms with Gasteiger partial charge in [-0.15, -0.1) is 0 Å². The Morgan fingerprint density at radius 1 is 0.951 bits per heavy atom. The maximum Gasteiger partial charge on any atom is 0.410 e. The summed E-state index contributed by atoms with van der Waals surface area (Å²) in [7, 11) is -2.92. The smallest absolute Gasteiger partial charge is 0.410 e. The Balaban J connectivity index is 1.60. The van der Waals surface area contributed by atoms with Gasteiger partial charge in [0.15, 0.2) is 0 Å². The van der Waals surface area contributed by atoms with E-state index in [9.17, 15) is 22.8 Å². The number of benzene rings is 3. The highest BCUT2D eigenvalue weighted by Crippen LogP contribution is 2.31. The second kappa shape index (κ2) is 11.9. The molecule has 0 bridgehead atoms. The molecule has 0 spiro atoms. The van der Waals surface area contributed by atoms with Gasteiger partial charge >= 0.3 is 12.1 Å². The van der Waals surface area contributed by atoms with Crippen LogP contribution in [0.2, 0.25) is 0 Å². The molecule has 1 aliphatic heterocycles. The number of piperidine rings is 1. The van der Waals surface area contributed by atoms with Crippen LogP contribution in [-0.2, 0) is 24.3 Å². The maximum absolute atomic E-state index is 13.7. The fourth-order valence-corrected chi connectivity index (χ4v) is 6.39. The van der Waals surface area contributed by atoms with Crippen LogP contribution >= 0.6 is 0 Å². The zero-order valence-corrected chi connectivity index (χ0v) is 24.6. The van der Waals surface area contributed by atoms with Gasteiger partial charge in [-0.05, 0) is 57.9 Å². The molecular weight excluding hydrogens is 546 g/mol. The number of hydrogen-bond acceptors (Lipinski definition) is 7. The summed E-state index contributed by atoms with van der Waals surface area (Å²) in [6.45, 7) is 7.21. The van der Waals surface area contributed by atoms with Crippen LogP contribution in [0, 0.1) is 12.8 Å². The number of carbonyl (C=O) groups is 3. The van der Waals surface area contributed by atoms with Crippen LogP contribution in [0.25, 0.3) is 10.8 Å². The standard InChI is InChI=1S/C30H35N3O7S/c1-19-10-6-7-11-20(19)27(34)31-24-14-15-26(22-13-9-8-12-21(22)24)41(37,38)32-25-16-17-33(18-23(25)28(35)39-5)29(36)40-30(2,3)4/h6-15,23,25,32H,16-18H2,1-5H3,(H,31,34)/t23-,25-/m0/s1. The lowest BCUT2D eigenvalue weighted by atomic mass is 9.93. The molecule has 0 aliphatic carbocycles. The Kier molecular flexibility index (Phi) is 8.69. The van der Waals surface area contributed by atoms with Gasteiger partial charge in [-0.3, -0.25) is 9.59 Å². The van der Waals surface area contributed by atoms with Gasteiger partial charge in [0.1, 0.15) is 5.60 Å². The van der Waals surface area contributed by atoms with Gasteiger partial charge in [-0.1, -0.05) is 42.5 Å². The van der Waals surface area contributed by atoms with Gasteiger partial charge in [-0.2, -0.15) is 0 Å². The van der Waals surface area contributed by atoms with E-state index in [0.29, 0.717) is 22.0 Å². The molecule has 0 saturated carbocycles. The normalized spacial score (nSPS) is 17.6. The number of nitrogens with zero attached hydrogens (tertiary/aromatic N) is 1. The minimum atomic E-state index is -4.14. The Morgan fingerprint density at radius 2 is 1.61 bits per heavy atom. The summed E-state index contributed by atoms with van der Waals surface area (Å²) >= 11 is 0. The molecule has 3 aromatic carbocycles. The number of fused-ring (bicyclic) bond motifs is 1. The van der Waals surface area contributed by atoms with E-state index < -0.39 is 39.6 Å². The first kappa shape index (κ1) is 30.0. The number of hydrogen-bond donors (Lipinski definition) is 2. The zero-order valence-electron chi connectivity index (χ0n) is 23.8. The molecule has 0 aromatic heterocycles. The van der Waals surface area contributed by atoms with E-state index in [-0.39, 0.29) is 30.3 Å². The number of likely N-dealkylation sites (tertiary alicyclic amines) is 1. The number of sulfonamides is 1. The Hall–Kier alpha value is -3.96. The van der Waals surface area contributed by atoms with Crippen LogP contribution in [0.1, 0.15) is 43.1 Å². The van der Waals surface area contributed by atoms with E-state index >= 15 is 0 Å². The molecule has 0 radical (unpaired) electrons. The van der Waals surface area contributed by atoms with Crippen molar-refractivity contribution < 1.29 is 32.3 Å². The Bertz CT molecular complexity index is 1580. The SMILES string of the molecule is COC(=O)[C@H]1CN(C(=O)OC(C)(C)C)CC[C@@H]1NS(=O)(=O)c1ccc(NC(=O)c2ccccc2C)c2ccccc12. The number of aryl methyl sites for hydroxylation is 1. The van der Waals surface area contributed by atoms with Crippen LogP contribution < -0.4 is 10.0 Å². The lowest BCUT2D eigenvalue weighted by molar-refractivity contribution is -0.148. The van der Waals surface area contributed by atoms with Gasteiger partial charge in [-0.25, -0.2) is 17.9 Å². The largest absolute Gasteiger partial charge is 0.469 e. The van der Waals surface area contributed by atoms with Crippen molar-refractivity contribution in [2.45, 2.75) is 50.7 Å². The fourth-order valence-electron chi connectivity index (χ4n) is 4.87. The van der Waals surface area contributed by atoms with Crippen molar-refractivity contribution in [3.63, 3.8) is 0 Å². The van der Waals surface area contributed by atoms with Crippen LogP contribution in [0.4, 0.5) is 10.5 Å². The molecule has 3 aromatic rings. The summed E-state index contributed by atoms with van der Waals surface area (Å²) in [4.78, 5) is 39.7. The molecule has 11 heteroatoms. The monoisotopic (exact) mass is 581 g/mol. The predicted molar refractivity (Wildman–Crippen MR) is 155 cm³/mol. The van der Waals surface area contributed by atoms with Crippen molar-refractivity contribution in [3.05, 3.63) is 71.8 Å². The van der Waals surface area contributed by atoms with Crippen LogP contribution in [0.5, 0.6) is 0 Å². The summed E-state index contributed by atoms with van der Waals surface area (Å²) in [6, 6.07) is 16.2. The maximum atomic E-state index is 13.7. The molecule has 2 N–H and O–H groups in total. The van der Waals surface area contributed by atoms with E-state index in [2.05, 4.69) is 10.0 Å². The molecule has 1 heterocycles. The predicted octanol–water partition coefficient (Wildman–Crippen LogP) is 4.48. The summed E-state index contributed by atoms with van der Waals surface area (Å²) in [5, 5.41) is 3.85. The van der Waals surface area contributed by atoms with Gasteiger partial charge in [0.25, 0.3) is 5.91 Å². The molecule has 2 atom stereocenters. The lowest BCUT2D eigenvalue weighted by Gasteiger charge is -2.37. The highest BCUT2D eigenvalue weighted by Gasteiger charge is 2.40.